The number of rotatable bonds is 8. The molecule has 0 aliphatic rings. The van der Waals surface area contributed by atoms with Gasteiger partial charge in [-0.3, -0.25) is 4.99 Å². The Morgan fingerprint density at radius 1 is 1.12 bits per heavy atom. The molecule has 2 N–H and O–H groups in total. The maximum absolute atomic E-state index is 5.35. The summed E-state index contributed by atoms with van der Waals surface area (Å²) in [7, 11) is 0. The Balaban J connectivity index is 0.00000288. The molecule has 0 aliphatic heterocycles. The number of nitrogens with one attached hydrogen (secondary N) is 2. The van der Waals surface area contributed by atoms with Crippen LogP contribution in [0, 0.1) is 0 Å². The highest BCUT2D eigenvalue weighted by atomic mass is 127. The fourth-order valence-corrected chi connectivity index (χ4v) is 2.19. The molecule has 1 unspecified atom stereocenters. The molecule has 4 nitrogen and oxygen atoms in total. The second-order valence-corrected chi connectivity index (χ2v) is 5.68. The average Bonchev–Trinajstić information content (AvgIpc) is 3.09. The lowest BCUT2D eigenvalue weighted by atomic mass is 10.1. The third-order valence-corrected chi connectivity index (χ3v) is 3.75. The SMILES string of the molecule is CCC(C)NC(=NCCc1ccco1)NCCc1ccccc1.I. The average molecular weight is 441 g/mol. The van der Waals surface area contributed by atoms with Gasteiger partial charge in [-0.25, -0.2) is 0 Å². The van der Waals surface area contributed by atoms with Crippen LogP contribution in [0.5, 0.6) is 0 Å². The van der Waals surface area contributed by atoms with Gasteiger partial charge in [0, 0.05) is 25.6 Å². The summed E-state index contributed by atoms with van der Waals surface area (Å²) in [5.41, 5.74) is 1.33. The summed E-state index contributed by atoms with van der Waals surface area (Å²) >= 11 is 0. The molecule has 0 radical (unpaired) electrons. The minimum Gasteiger partial charge on any atom is -0.469 e. The van der Waals surface area contributed by atoms with Gasteiger partial charge in [0.2, 0.25) is 0 Å². The second kappa shape index (κ2) is 11.9. The highest BCUT2D eigenvalue weighted by molar-refractivity contribution is 14.0. The summed E-state index contributed by atoms with van der Waals surface area (Å²) in [4.78, 5) is 4.65. The lowest BCUT2D eigenvalue weighted by molar-refractivity contribution is 0.510. The molecule has 5 heteroatoms. The van der Waals surface area contributed by atoms with Gasteiger partial charge in [-0.05, 0) is 37.5 Å². The Labute approximate surface area is 162 Å². The predicted molar refractivity (Wildman–Crippen MR) is 111 cm³/mol. The Morgan fingerprint density at radius 2 is 1.92 bits per heavy atom. The molecule has 1 heterocycles. The van der Waals surface area contributed by atoms with E-state index in [-0.39, 0.29) is 24.0 Å². The van der Waals surface area contributed by atoms with Crippen molar-refractivity contribution in [2.75, 3.05) is 13.1 Å². The lowest BCUT2D eigenvalue weighted by Crippen LogP contribution is -2.43. The molecule has 2 rings (SSSR count). The first-order valence-electron chi connectivity index (χ1n) is 8.39. The maximum Gasteiger partial charge on any atom is 0.191 e. The molecular weight excluding hydrogens is 413 g/mol. The first-order chi connectivity index (χ1) is 11.3. The van der Waals surface area contributed by atoms with Gasteiger partial charge in [0.1, 0.15) is 5.76 Å². The van der Waals surface area contributed by atoms with Crippen molar-refractivity contribution in [2.24, 2.45) is 4.99 Å². The highest BCUT2D eigenvalue weighted by Gasteiger charge is 2.04. The van der Waals surface area contributed by atoms with E-state index in [0.29, 0.717) is 12.6 Å². The van der Waals surface area contributed by atoms with E-state index in [1.807, 2.05) is 18.2 Å². The van der Waals surface area contributed by atoms with Gasteiger partial charge in [-0.15, -0.1) is 24.0 Å². The molecule has 0 fully saturated rings. The van der Waals surface area contributed by atoms with Crippen molar-refractivity contribution in [1.29, 1.82) is 0 Å². The molecule has 0 bridgehead atoms. The number of aliphatic imine (C=N–C) groups is 1. The summed E-state index contributed by atoms with van der Waals surface area (Å²) in [6, 6.07) is 14.8. The topological polar surface area (TPSA) is 49.6 Å². The molecule has 132 valence electrons. The lowest BCUT2D eigenvalue weighted by Gasteiger charge is -2.17. The minimum atomic E-state index is 0. The Hall–Kier alpha value is -1.50. The largest absolute Gasteiger partial charge is 0.469 e. The number of guanidine groups is 1. The van der Waals surface area contributed by atoms with Gasteiger partial charge < -0.3 is 15.1 Å². The monoisotopic (exact) mass is 441 g/mol. The fraction of sp³-hybridized carbons (Fsp3) is 0.421. The van der Waals surface area contributed by atoms with Crippen molar-refractivity contribution in [3.05, 3.63) is 60.1 Å². The van der Waals surface area contributed by atoms with Crippen molar-refractivity contribution >= 4 is 29.9 Å². The third kappa shape index (κ3) is 7.86. The van der Waals surface area contributed by atoms with Crippen LogP contribution in [0.15, 0.2) is 58.1 Å². The van der Waals surface area contributed by atoms with E-state index in [9.17, 15) is 0 Å². The predicted octanol–water partition coefficient (Wildman–Crippen LogP) is 4.02. The summed E-state index contributed by atoms with van der Waals surface area (Å²) in [5, 5.41) is 6.86. The molecule has 1 aromatic heterocycles. The first-order valence-corrected chi connectivity index (χ1v) is 8.39. The summed E-state index contributed by atoms with van der Waals surface area (Å²) < 4.78 is 5.35. The van der Waals surface area contributed by atoms with E-state index in [4.69, 9.17) is 4.42 Å². The summed E-state index contributed by atoms with van der Waals surface area (Å²) in [5.74, 6) is 1.85. The van der Waals surface area contributed by atoms with Crippen molar-refractivity contribution < 1.29 is 4.42 Å². The van der Waals surface area contributed by atoms with E-state index in [2.05, 4.69) is 53.7 Å². The van der Waals surface area contributed by atoms with Crippen LogP contribution >= 0.6 is 24.0 Å². The normalized spacial score (nSPS) is 12.3. The fourth-order valence-electron chi connectivity index (χ4n) is 2.19. The van der Waals surface area contributed by atoms with Crippen LogP contribution in [-0.4, -0.2) is 25.1 Å². The van der Waals surface area contributed by atoms with Crippen LogP contribution in [-0.2, 0) is 12.8 Å². The van der Waals surface area contributed by atoms with E-state index in [1.54, 1.807) is 6.26 Å². The first kappa shape index (κ1) is 20.5. The van der Waals surface area contributed by atoms with Crippen LogP contribution in [0.4, 0.5) is 0 Å². The van der Waals surface area contributed by atoms with Crippen molar-refractivity contribution in [1.82, 2.24) is 10.6 Å². The minimum absolute atomic E-state index is 0. The Bertz CT molecular complexity index is 570. The molecule has 0 amide bonds. The van der Waals surface area contributed by atoms with Gasteiger partial charge in [0.05, 0.1) is 6.26 Å². The molecule has 0 saturated carbocycles. The zero-order valence-corrected chi connectivity index (χ0v) is 16.8. The van der Waals surface area contributed by atoms with Gasteiger partial charge >= 0.3 is 0 Å². The number of hydrogen-bond donors (Lipinski definition) is 2. The van der Waals surface area contributed by atoms with Crippen LogP contribution in [0.3, 0.4) is 0 Å². The second-order valence-electron chi connectivity index (χ2n) is 5.68. The summed E-state index contributed by atoms with van der Waals surface area (Å²) in [6.45, 7) is 5.92. The van der Waals surface area contributed by atoms with E-state index in [1.165, 1.54) is 5.56 Å². The van der Waals surface area contributed by atoms with E-state index < -0.39 is 0 Å². The number of furan rings is 1. The number of halogens is 1. The summed E-state index contributed by atoms with van der Waals surface area (Å²) in [6.07, 6.45) is 4.58. The van der Waals surface area contributed by atoms with Gasteiger partial charge in [-0.1, -0.05) is 37.3 Å². The van der Waals surface area contributed by atoms with E-state index in [0.717, 1.165) is 37.5 Å². The maximum atomic E-state index is 5.35. The molecule has 2 aromatic rings. The van der Waals surface area contributed by atoms with Crippen molar-refractivity contribution in [2.45, 2.75) is 39.2 Å². The van der Waals surface area contributed by atoms with Crippen molar-refractivity contribution in [3.8, 4) is 0 Å². The third-order valence-electron chi connectivity index (χ3n) is 3.75. The molecule has 0 spiro atoms. The van der Waals surface area contributed by atoms with Crippen molar-refractivity contribution in [3.63, 3.8) is 0 Å². The van der Waals surface area contributed by atoms with E-state index >= 15 is 0 Å². The number of hydrogen-bond acceptors (Lipinski definition) is 2. The number of benzene rings is 1. The van der Waals surface area contributed by atoms with Gasteiger partial charge in [-0.2, -0.15) is 0 Å². The Morgan fingerprint density at radius 3 is 2.58 bits per heavy atom. The van der Waals surface area contributed by atoms with Crippen LogP contribution < -0.4 is 10.6 Å². The molecular formula is C19H28IN3O. The van der Waals surface area contributed by atoms with Crippen LogP contribution in [0.2, 0.25) is 0 Å². The molecule has 24 heavy (non-hydrogen) atoms. The van der Waals surface area contributed by atoms with Gasteiger partial charge in [0.25, 0.3) is 0 Å². The molecule has 1 atom stereocenters. The zero-order chi connectivity index (χ0) is 16.3. The standard InChI is InChI=1S/C19H27N3O.HI/c1-3-16(2)22-19(21-14-12-18-10-7-15-23-18)20-13-11-17-8-5-4-6-9-17;/h4-10,15-16H,3,11-14H2,1-2H3,(H2,20,21,22);1H. The molecule has 0 aliphatic carbocycles. The highest BCUT2D eigenvalue weighted by Crippen LogP contribution is 2.01. The molecule has 0 saturated heterocycles. The zero-order valence-electron chi connectivity index (χ0n) is 14.5. The van der Waals surface area contributed by atoms with Crippen LogP contribution in [0.25, 0.3) is 0 Å². The smallest absolute Gasteiger partial charge is 0.191 e. The van der Waals surface area contributed by atoms with Crippen LogP contribution in [0.1, 0.15) is 31.6 Å². The quantitative estimate of drug-likeness (QED) is 0.370. The Kier molecular flexibility index (Phi) is 10.2. The van der Waals surface area contributed by atoms with Gasteiger partial charge in [0.15, 0.2) is 5.96 Å². The number of nitrogens with zero attached hydrogens (tertiary/aromatic N) is 1. The molecule has 1 aromatic carbocycles.